The second-order valence-electron chi connectivity index (χ2n) is 10.6. The van der Waals surface area contributed by atoms with Crippen LogP contribution in [-0.4, -0.2) is 39.8 Å². The molecule has 7 atom stereocenters. The molecule has 0 saturated heterocycles. The van der Waals surface area contributed by atoms with E-state index in [1.807, 2.05) is 18.0 Å². The molecule has 5 rings (SSSR count). The summed E-state index contributed by atoms with van der Waals surface area (Å²) in [6, 6.07) is 0.330. The van der Waals surface area contributed by atoms with Gasteiger partial charge < -0.3 is 9.88 Å². The Balaban J connectivity index is 1.33. The first-order valence-electron chi connectivity index (χ1n) is 11.6. The van der Waals surface area contributed by atoms with Crippen molar-refractivity contribution in [1.29, 1.82) is 0 Å². The maximum atomic E-state index is 12.7. The number of hydrogen-bond acceptors (Lipinski definition) is 3. The second-order valence-corrected chi connectivity index (χ2v) is 10.6. The van der Waals surface area contributed by atoms with Gasteiger partial charge in [0.05, 0.1) is 0 Å². The molecule has 0 spiro atoms. The maximum Gasteiger partial charge on any atom is 0.246 e. The summed E-state index contributed by atoms with van der Waals surface area (Å²) < 4.78 is 0. The molecule has 2 N–H and O–H groups in total. The molecule has 1 aliphatic heterocycles. The van der Waals surface area contributed by atoms with Crippen LogP contribution in [0, 0.1) is 34.5 Å². The van der Waals surface area contributed by atoms with Crippen LogP contribution in [0.5, 0.6) is 0 Å². The number of H-pyrrole nitrogens is 1. The van der Waals surface area contributed by atoms with E-state index in [0.717, 1.165) is 12.8 Å². The largest absolute Gasteiger partial charge is 0.338 e. The van der Waals surface area contributed by atoms with Gasteiger partial charge in [0, 0.05) is 37.3 Å². The minimum Gasteiger partial charge on any atom is -0.338 e. The number of anilines is 1. The summed E-state index contributed by atoms with van der Waals surface area (Å²) in [6.07, 6.45) is 15.1. The van der Waals surface area contributed by atoms with Crippen molar-refractivity contribution in [3.63, 3.8) is 0 Å². The van der Waals surface area contributed by atoms with Crippen LogP contribution in [0.2, 0.25) is 0 Å². The quantitative estimate of drug-likeness (QED) is 0.791. The number of aromatic nitrogens is 2. The first kappa shape index (κ1) is 19.8. The van der Waals surface area contributed by atoms with Gasteiger partial charge in [-0.15, -0.1) is 0 Å². The van der Waals surface area contributed by atoms with Crippen LogP contribution in [0.1, 0.15) is 58.8 Å². The van der Waals surface area contributed by atoms with Gasteiger partial charge in [0.25, 0.3) is 0 Å². The number of likely N-dealkylation sites (N-methyl/N-ethyl adjacent to an activating group) is 1. The normalized spacial score (nSPS) is 42.4. The number of nitrogens with one attached hydrogen (secondary N) is 2. The predicted molar refractivity (Wildman–Crippen MR) is 115 cm³/mol. The maximum absolute atomic E-state index is 12.7. The Morgan fingerprint density at radius 2 is 2.07 bits per heavy atom. The van der Waals surface area contributed by atoms with Gasteiger partial charge in [0.15, 0.2) is 0 Å². The molecule has 162 valence electrons. The fourth-order valence-corrected chi connectivity index (χ4v) is 7.92. The van der Waals surface area contributed by atoms with Crippen LogP contribution in [0.25, 0.3) is 0 Å². The summed E-state index contributed by atoms with van der Waals surface area (Å²) in [5, 5.41) is 2.92. The van der Waals surface area contributed by atoms with Crippen molar-refractivity contribution < 1.29 is 9.59 Å². The molecule has 3 aliphatic carbocycles. The molecule has 4 unspecified atom stereocenters. The topological polar surface area (TPSA) is 78.1 Å². The second kappa shape index (κ2) is 6.96. The molecule has 3 saturated carbocycles. The third kappa shape index (κ3) is 2.86. The van der Waals surface area contributed by atoms with Crippen LogP contribution in [0.3, 0.4) is 0 Å². The standard InChI is InChI=1S/C24H34N4O2/c1-23-10-8-18-16(5-7-19-24(18,2)11-9-21(30)28(19)3)17(23)6-4-15(23)14-20(29)27-22-25-12-13-26-22/h9,11-13,15-19H,4-8,10,14H2,1-3H3,(H2,25,26,27,29)/t15-,16?,17?,18?,19?,23-,24-/m1/s1. The Morgan fingerprint density at radius 1 is 1.23 bits per heavy atom. The molecule has 0 radical (unpaired) electrons. The van der Waals surface area contributed by atoms with E-state index < -0.39 is 0 Å². The van der Waals surface area contributed by atoms with Crippen molar-refractivity contribution in [2.24, 2.45) is 34.5 Å². The number of rotatable bonds is 3. The number of nitrogens with zero attached hydrogens (tertiary/aromatic N) is 2. The summed E-state index contributed by atoms with van der Waals surface area (Å²) in [7, 11) is 1.98. The van der Waals surface area contributed by atoms with Crippen molar-refractivity contribution in [3.8, 4) is 0 Å². The van der Waals surface area contributed by atoms with Crippen LogP contribution < -0.4 is 5.32 Å². The Labute approximate surface area is 178 Å². The number of carbonyl (C=O) groups excluding carboxylic acids is 2. The van der Waals surface area contributed by atoms with E-state index >= 15 is 0 Å². The fraction of sp³-hybridized carbons (Fsp3) is 0.708. The summed E-state index contributed by atoms with van der Waals surface area (Å²) in [6.45, 7) is 4.84. The summed E-state index contributed by atoms with van der Waals surface area (Å²) in [5.41, 5.74) is 0.326. The van der Waals surface area contributed by atoms with Crippen molar-refractivity contribution in [2.75, 3.05) is 12.4 Å². The van der Waals surface area contributed by atoms with Gasteiger partial charge in [0.2, 0.25) is 17.8 Å². The SMILES string of the molecule is CN1C(=O)C=C[C@]2(C)C3CC[C@@]4(C)C(CC[C@@H]4CC(=O)Nc4ncc[nH]4)C3CCC12. The van der Waals surface area contributed by atoms with Crippen LogP contribution in [0.15, 0.2) is 24.5 Å². The first-order chi connectivity index (χ1) is 14.3. The highest BCUT2D eigenvalue weighted by Gasteiger charge is 2.60. The molecular formula is C24H34N4O2. The third-order valence-corrected chi connectivity index (χ3v) is 9.51. The van der Waals surface area contributed by atoms with Gasteiger partial charge >= 0.3 is 0 Å². The zero-order valence-electron chi connectivity index (χ0n) is 18.4. The Hall–Kier alpha value is -2.11. The zero-order valence-corrected chi connectivity index (χ0v) is 18.4. The number of carbonyl (C=O) groups is 2. The van der Waals surface area contributed by atoms with E-state index in [-0.39, 0.29) is 22.6 Å². The van der Waals surface area contributed by atoms with Crippen LogP contribution >= 0.6 is 0 Å². The van der Waals surface area contributed by atoms with Crippen molar-refractivity contribution in [3.05, 3.63) is 24.5 Å². The lowest BCUT2D eigenvalue weighted by molar-refractivity contribution is -0.139. The number of imidazole rings is 1. The number of amides is 2. The van der Waals surface area contributed by atoms with Crippen LogP contribution in [0.4, 0.5) is 5.95 Å². The molecule has 3 fully saturated rings. The van der Waals surface area contributed by atoms with Gasteiger partial charge in [-0.1, -0.05) is 19.9 Å². The molecule has 6 heteroatoms. The smallest absolute Gasteiger partial charge is 0.246 e. The highest BCUT2D eigenvalue weighted by atomic mass is 16.2. The Kier molecular flexibility index (Phi) is 4.60. The van der Waals surface area contributed by atoms with E-state index in [2.05, 4.69) is 35.2 Å². The number of aromatic amines is 1. The molecule has 0 bridgehead atoms. The minimum atomic E-state index is 0.0740. The summed E-state index contributed by atoms with van der Waals surface area (Å²) in [5.74, 6) is 3.23. The summed E-state index contributed by atoms with van der Waals surface area (Å²) >= 11 is 0. The molecule has 2 amide bonds. The van der Waals surface area contributed by atoms with E-state index in [4.69, 9.17) is 0 Å². The monoisotopic (exact) mass is 410 g/mol. The van der Waals surface area contributed by atoms with Crippen LogP contribution in [-0.2, 0) is 9.59 Å². The molecule has 1 aromatic heterocycles. The van der Waals surface area contributed by atoms with Crippen molar-refractivity contribution in [1.82, 2.24) is 14.9 Å². The highest BCUT2D eigenvalue weighted by Crippen LogP contribution is 2.65. The predicted octanol–water partition coefficient (Wildman–Crippen LogP) is 3.99. The Bertz CT molecular complexity index is 865. The average Bonchev–Trinajstić information content (AvgIpc) is 3.33. The molecule has 6 nitrogen and oxygen atoms in total. The van der Waals surface area contributed by atoms with E-state index in [0.29, 0.717) is 42.1 Å². The minimum absolute atomic E-state index is 0.0740. The van der Waals surface area contributed by atoms with Gasteiger partial charge in [-0.3, -0.25) is 14.9 Å². The molecule has 0 aromatic carbocycles. The van der Waals surface area contributed by atoms with Gasteiger partial charge in [-0.25, -0.2) is 4.98 Å². The number of fused-ring (bicyclic) bond motifs is 5. The van der Waals surface area contributed by atoms with Gasteiger partial charge in [0.1, 0.15) is 0 Å². The highest BCUT2D eigenvalue weighted by molar-refractivity contribution is 5.89. The van der Waals surface area contributed by atoms with Gasteiger partial charge in [-0.2, -0.15) is 0 Å². The Morgan fingerprint density at radius 3 is 2.83 bits per heavy atom. The first-order valence-corrected chi connectivity index (χ1v) is 11.6. The lowest BCUT2D eigenvalue weighted by Gasteiger charge is -2.60. The number of hydrogen-bond donors (Lipinski definition) is 2. The van der Waals surface area contributed by atoms with Gasteiger partial charge in [-0.05, 0) is 73.7 Å². The zero-order chi connectivity index (χ0) is 21.1. The van der Waals surface area contributed by atoms with E-state index in [9.17, 15) is 9.59 Å². The van der Waals surface area contributed by atoms with E-state index in [1.54, 1.807) is 12.4 Å². The lowest BCUT2D eigenvalue weighted by atomic mass is 9.47. The lowest BCUT2D eigenvalue weighted by Crippen LogP contribution is -2.59. The molecule has 2 heterocycles. The van der Waals surface area contributed by atoms with Crippen molar-refractivity contribution in [2.45, 2.75) is 64.8 Å². The third-order valence-electron chi connectivity index (χ3n) is 9.51. The van der Waals surface area contributed by atoms with Crippen molar-refractivity contribution >= 4 is 17.8 Å². The molecule has 30 heavy (non-hydrogen) atoms. The summed E-state index contributed by atoms with van der Waals surface area (Å²) in [4.78, 5) is 34.0. The molecule has 1 aromatic rings. The molecular weight excluding hydrogens is 376 g/mol. The fourth-order valence-electron chi connectivity index (χ4n) is 7.92. The van der Waals surface area contributed by atoms with E-state index in [1.165, 1.54) is 25.7 Å². The average molecular weight is 411 g/mol. The molecule has 4 aliphatic rings.